The van der Waals surface area contributed by atoms with Gasteiger partial charge in [-0.15, -0.1) is 0 Å². The molecule has 3 aromatic carbocycles. The molecule has 0 aromatic heterocycles. The van der Waals surface area contributed by atoms with Gasteiger partial charge in [-0.2, -0.15) is 4.31 Å². The van der Waals surface area contributed by atoms with E-state index in [9.17, 15) is 26.4 Å². The summed E-state index contributed by atoms with van der Waals surface area (Å²) in [6, 6.07) is 12.0. The van der Waals surface area contributed by atoms with Crippen LogP contribution in [0.15, 0.2) is 65.6 Å². The first-order chi connectivity index (χ1) is 15.1. The summed E-state index contributed by atoms with van der Waals surface area (Å²) in [6.07, 6.45) is 0. The van der Waals surface area contributed by atoms with Crippen LogP contribution in [0.1, 0.15) is 5.56 Å². The number of sulfonamides is 1. The lowest BCUT2D eigenvalue weighted by Gasteiger charge is -2.19. The SMILES string of the molecule is CN(Cc1ccc(OCC(=O)O)c(-c2ccc(F)c(F)c2)c1)S(=O)(=O)c1ccc(F)cc1. The number of carboxylic acid groups (broad SMARTS) is 1. The highest BCUT2D eigenvalue weighted by Gasteiger charge is 2.22. The van der Waals surface area contributed by atoms with E-state index in [4.69, 9.17) is 9.84 Å². The van der Waals surface area contributed by atoms with E-state index in [1.54, 1.807) is 0 Å². The summed E-state index contributed by atoms with van der Waals surface area (Å²) in [7, 11) is -2.59. The molecular weight excluding hydrogens is 447 g/mol. The van der Waals surface area contributed by atoms with Crippen molar-refractivity contribution in [3.05, 3.63) is 83.7 Å². The van der Waals surface area contributed by atoms with Gasteiger partial charge in [-0.05, 0) is 59.7 Å². The van der Waals surface area contributed by atoms with Gasteiger partial charge in [0.05, 0.1) is 4.90 Å². The molecule has 3 rings (SSSR count). The summed E-state index contributed by atoms with van der Waals surface area (Å²) in [4.78, 5) is 10.8. The smallest absolute Gasteiger partial charge is 0.341 e. The standard InChI is InChI=1S/C22H18F3NO5S/c1-26(32(29,30)17-6-4-16(23)5-7-17)12-14-2-9-21(31-13-22(27)28)18(10-14)15-3-8-19(24)20(25)11-15/h2-11H,12-13H2,1H3,(H,27,28). The van der Waals surface area contributed by atoms with Gasteiger partial charge in [-0.1, -0.05) is 12.1 Å². The largest absolute Gasteiger partial charge is 0.481 e. The number of carbonyl (C=O) groups is 1. The molecule has 10 heteroatoms. The molecule has 32 heavy (non-hydrogen) atoms. The second-order valence-corrected chi connectivity index (χ2v) is 8.90. The van der Waals surface area contributed by atoms with Crippen molar-refractivity contribution < 1.29 is 36.2 Å². The van der Waals surface area contributed by atoms with Crippen LogP contribution in [0.4, 0.5) is 13.2 Å². The second-order valence-electron chi connectivity index (χ2n) is 6.86. The molecule has 0 aliphatic carbocycles. The third-order valence-electron chi connectivity index (χ3n) is 4.55. The van der Waals surface area contributed by atoms with E-state index in [0.29, 0.717) is 5.56 Å². The fourth-order valence-corrected chi connectivity index (χ4v) is 4.12. The molecule has 0 unspecified atom stereocenters. The zero-order valence-corrected chi connectivity index (χ0v) is 17.6. The number of halogens is 3. The third-order valence-corrected chi connectivity index (χ3v) is 6.37. The summed E-state index contributed by atoms with van der Waals surface area (Å²) >= 11 is 0. The van der Waals surface area contributed by atoms with Crippen molar-refractivity contribution in [3.8, 4) is 16.9 Å². The molecule has 0 spiro atoms. The molecule has 3 aromatic rings. The molecule has 0 saturated carbocycles. The summed E-state index contributed by atoms with van der Waals surface area (Å²) in [5.41, 5.74) is 0.950. The van der Waals surface area contributed by atoms with Gasteiger partial charge in [0, 0.05) is 19.2 Å². The Labute approximate surface area is 182 Å². The van der Waals surface area contributed by atoms with E-state index in [0.717, 1.165) is 40.7 Å². The third kappa shape index (κ3) is 5.27. The monoisotopic (exact) mass is 465 g/mol. The fraction of sp³-hybridized carbons (Fsp3) is 0.136. The predicted molar refractivity (Wildman–Crippen MR) is 110 cm³/mol. The first-order valence-corrected chi connectivity index (χ1v) is 10.7. The molecule has 168 valence electrons. The Morgan fingerprint density at radius 1 is 0.969 bits per heavy atom. The van der Waals surface area contributed by atoms with E-state index in [1.165, 1.54) is 31.3 Å². The van der Waals surface area contributed by atoms with Crippen LogP contribution in [-0.2, 0) is 21.4 Å². The molecule has 0 amide bonds. The number of benzene rings is 3. The number of ether oxygens (including phenoxy) is 1. The maximum absolute atomic E-state index is 13.8. The van der Waals surface area contributed by atoms with Crippen LogP contribution in [0.2, 0.25) is 0 Å². The van der Waals surface area contributed by atoms with Gasteiger partial charge < -0.3 is 9.84 Å². The molecule has 1 N–H and O–H groups in total. The van der Waals surface area contributed by atoms with Crippen LogP contribution < -0.4 is 4.74 Å². The summed E-state index contributed by atoms with van der Waals surface area (Å²) in [5, 5.41) is 8.87. The molecule has 0 atom stereocenters. The maximum atomic E-state index is 13.8. The molecule has 0 aliphatic rings. The minimum atomic E-state index is -3.93. The normalized spacial score (nSPS) is 11.5. The van der Waals surface area contributed by atoms with Crippen LogP contribution >= 0.6 is 0 Å². The minimum Gasteiger partial charge on any atom is -0.481 e. The molecule has 6 nitrogen and oxygen atoms in total. The van der Waals surface area contributed by atoms with Crippen molar-refractivity contribution in [3.63, 3.8) is 0 Å². The first-order valence-electron chi connectivity index (χ1n) is 9.23. The molecular formula is C22H18F3NO5S. The van der Waals surface area contributed by atoms with Gasteiger partial charge in [0.2, 0.25) is 10.0 Å². The Hall–Kier alpha value is -3.37. The molecule has 0 fully saturated rings. The van der Waals surface area contributed by atoms with Crippen molar-refractivity contribution in [2.45, 2.75) is 11.4 Å². The van der Waals surface area contributed by atoms with Crippen molar-refractivity contribution in [2.75, 3.05) is 13.7 Å². The summed E-state index contributed by atoms with van der Waals surface area (Å²) in [6.45, 7) is -0.759. The molecule has 0 heterocycles. The van der Waals surface area contributed by atoms with E-state index < -0.39 is 40.1 Å². The van der Waals surface area contributed by atoms with Crippen molar-refractivity contribution >= 4 is 16.0 Å². The van der Waals surface area contributed by atoms with Gasteiger partial charge in [0.1, 0.15) is 11.6 Å². The topological polar surface area (TPSA) is 83.9 Å². The lowest BCUT2D eigenvalue weighted by molar-refractivity contribution is -0.139. The number of carboxylic acids is 1. The fourth-order valence-electron chi connectivity index (χ4n) is 2.96. The zero-order valence-electron chi connectivity index (χ0n) is 16.8. The van der Waals surface area contributed by atoms with Crippen LogP contribution in [0.5, 0.6) is 5.75 Å². The first kappa shape index (κ1) is 23.3. The molecule has 0 radical (unpaired) electrons. The van der Waals surface area contributed by atoms with Gasteiger partial charge in [0.15, 0.2) is 18.2 Å². The Bertz CT molecular complexity index is 1250. The molecule has 0 bridgehead atoms. The maximum Gasteiger partial charge on any atom is 0.341 e. The Morgan fingerprint density at radius 2 is 1.66 bits per heavy atom. The van der Waals surface area contributed by atoms with E-state index in [1.807, 2.05) is 0 Å². The highest BCUT2D eigenvalue weighted by atomic mass is 32.2. The van der Waals surface area contributed by atoms with Crippen molar-refractivity contribution in [2.24, 2.45) is 0 Å². The predicted octanol–water partition coefficient (Wildman–Crippen LogP) is 4.06. The number of aliphatic carboxylic acids is 1. The van der Waals surface area contributed by atoms with E-state index in [-0.39, 0.29) is 28.3 Å². The van der Waals surface area contributed by atoms with Gasteiger partial charge in [-0.25, -0.2) is 26.4 Å². The quantitative estimate of drug-likeness (QED) is 0.543. The van der Waals surface area contributed by atoms with Gasteiger partial charge in [-0.3, -0.25) is 0 Å². The Balaban J connectivity index is 1.95. The van der Waals surface area contributed by atoms with Crippen LogP contribution in [0.3, 0.4) is 0 Å². The molecule has 0 saturated heterocycles. The minimum absolute atomic E-state index is 0.0939. The summed E-state index contributed by atoms with van der Waals surface area (Å²) in [5.74, 6) is -3.85. The lowest BCUT2D eigenvalue weighted by atomic mass is 10.0. The second kappa shape index (κ2) is 9.41. The van der Waals surface area contributed by atoms with Gasteiger partial charge in [0.25, 0.3) is 0 Å². The lowest BCUT2D eigenvalue weighted by Crippen LogP contribution is -2.26. The van der Waals surface area contributed by atoms with E-state index >= 15 is 0 Å². The van der Waals surface area contributed by atoms with Crippen LogP contribution in [0.25, 0.3) is 11.1 Å². The van der Waals surface area contributed by atoms with E-state index in [2.05, 4.69) is 0 Å². The van der Waals surface area contributed by atoms with Crippen molar-refractivity contribution in [1.29, 1.82) is 0 Å². The number of rotatable bonds is 8. The van der Waals surface area contributed by atoms with Crippen molar-refractivity contribution in [1.82, 2.24) is 4.31 Å². The van der Waals surface area contributed by atoms with Crippen LogP contribution in [0, 0.1) is 17.5 Å². The van der Waals surface area contributed by atoms with Crippen LogP contribution in [-0.4, -0.2) is 37.5 Å². The number of nitrogens with zero attached hydrogens (tertiary/aromatic N) is 1. The van der Waals surface area contributed by atoms with Gasteiger partial charge >= 0.3 is 5.97 Å². The Kier molecular flexibility index (Phi) is 6.85. The highest BCUT2D eigenvalue weighted by Crippen LogP contribution is 2.33. The number of hydrogen-bond acceptors (Lipinski definition) is 4. The Morgan fingerprint density at radius 3 is 2.28 bits per heavy atom. The number of hydrogen-bond donors (Lipinski definition) is 1. The highest BCUT2D eigenvalue weighted by molar-refractivity contribution is 7.89. The molecule has 0 aliphatic heterocycles. The zero-order chi connectivity index (χ0) is 23.5. The average molecular weight is 465 g/mol. The average Bonchev–Trinajstić information content (AvgIpc) is 2.75. The summed E-state index contributed by atoms with van der Waals surface area (Å²) < 4.78 is 72.0.